The molecule has 0 fully saturated rings. The molecule has 2 heterocycles. The first-order chi connectivity index (χ1) is 10.8. The van der Waals surface area contributed by atoms with Crippen LogP contribution in [0.4, 0.5) is 4.39 Å². The second kappa shape index (κ2) is 5.54. The summed E-state index contributed by atoms with van der Waals surface area (Å²) in [5.74, 6) is 1.16. The molecule has 3 aliphatic rings. The zero-order chi connectivity index (χ0) is 15.1. The van der Waals surface area contributed by atoms with Gasteiger partial charge in [-0.1, -0.05) is 24.8 Å². The Balaban J connectivity index is 1.86. The van der Waals surface area contributed by atoms with Gasteiger partial charge in [-0.25, -0.2) is 4.39 Å². The Kier molecular flexibility index (Phi) is 3.53. The number of fused-ring (bicyclic) bond motifs is 1. The van der Waals surface area contributed by atoms with Crippen LogP contribution in [0.5, 0.6) is 0 Å². The van der Waals surface area contributed by atoms with E-state index in [1.54, 1.807) is 12.1 Å². The summed E-state index contributed by atoms with van der Waals surface area (Å²) in [6, 6.07) is 5.45. The van der Waals surface area contributed by atoms with Crippen LogP contribution < -0.4 is 0 Å². The van der Waals surface area contributed by atoms with E-state index in [0.29, 0.717) is 5.56 Å². The molecule has 1 aromatic carbocycles. The summed E-state index contributed by atoms with van der Waals surface area (Å²) in [6.45, 7) is 3.73. The molecule has 2 aliphatic heterocycles. The Morgan fingerprint density at radius 2 is 2.23 bits per heavy atom. The molecule has 0 bridgehead atoms. The number of benzene rings is 1. The van der Waals surface area contributed by atoms with Crippen LogP contribution in [0.25, 0.3) is 6.08 Å². The summed E-state index contributed by atoms with van der Waals surface area (Å²) in [5.41, 5.74) is 5.61. The van der Waals surface area contributed by atoms with Crippen LogP contribution in [0.15, 0.2) is 52.0 Å². The zero-order valence-electron chi connectivity index (χ0n) is 12.4. The summed E-state index contributed by atoms with van der Waals surface area (Å²) in [4.78, 5) is 6.29. The number of aliphatic imine (C=N–C) groups is 1. The second-order valence-corrected chi connectivity index (χ2v) is 7.07. The fraction of sp³-hybridized carbons (Fsp3) is 0.316. The lowest BCUT2D eigenvalue weighted by atomic mass is 9.80. The number of halogens is 1. The summed E-state index contributed by atoms with van der Waals surface area (Å²) >= 11 is 1.91. The van der Waals surface area contributed by atoms with Crippen molar-refractivity contribution in [3.8, 4) is 0 Å². The van der Waals surface area contributed by atoms with Gasteiger partial charge in [0, 0.05) is 27.9 Å². The van der Waals surface area contributed by atoms with Gasteiger partial charge in [0.2, 0.25) is 0 Å². The van der Waals surface area contributed by atoms with E-state index < -0.39 is 0 Å². The van der Waals surface area contributed by atoms with Gasteiger partial charge in [-0.05, 0) is 49.0 Å². The van der Waals surface area contributed by atoms with Crippen LogP contribution >= 0.6 is 11.8 Å². The Morgan fingerprint density at radius 3 is 3.09 bits per heavy atom. The van der Waals surface area contributed by atoms with Gasteiger partial charge in [0.25, 0.3) is 0 Å². The number of nitrogens with zero attached hydrogens (tertiary/aromatic N) is 1. The van der Waals surface area contributed by atoms with Gasteiger partial charge < -0.3 is 0 Å². The monoisotopic (exact) mass is 311 g/mol. The highest BCUT2D eigenvalue weighted by Gasteiger charge is 2.34. The Hall–Kier alpha value is -1.61. The van der Waals surface area contributed by atoms with Crippen molar-refractivity contribution in [2.75, 3.05) is 5.75 Å². The van der Waals surface area contributed by atoms with Crippen LogP contribution in [0.3, 0.4) is 0 Å². The van der Waals surface area contributed by atoms with Crippen molar-refractivity contribution in [3.63, 3.8) is 0 Å². The molecule has 1 nitrogen and oxygen atoms in total. The quantitative estimate of drug-likeness (QED) is 0.706. The molecule has 0 amide bonds. The minimum atomic E-state index is -0.200. The molecule has 1 aromatic rings. The number of thioether (sulfide) groups is 1. The Bertz CT molecular complexity index is 742. The SMILES string of the molecule is C=Cc1cc([C@H]2C3=CCCCC3=NC3=C2SCC3)ccc1F. The lowest BCUT2D eigenvalue weighted by Crippen LogP contribution is -2.20. The molecule has 22 heavy (non-hydrogen) atoms. The number of hydrogen-bond donors (Lipinski definition) is 0. The Labute approximate surface area is 134 Å². The maximum Gasteiger partial charge on any atom is 0.130 e. The third kappa shape index (κ3) is 2.19. The van der Waals surface area contributed by atoms with Crippen LogP contribution in [0.2, 0.25) is 0 Å². The van der Waals surface area contributed by atoms with E-state index in [0.717, 1.165) is 25.0 Å². The topological polar surface area (TPSA) is 12.4 Å². The molecule has 0 unspecified atom stereocenters. The molecule has 0 radical (unpaired) electrons. The predicted molar refractivity (Wildman–Crippen MR) is 92.7 cm³/mol. The lowest BCUT2D eigenvalue weighted by molar-refractivity contribution is 0.624. The summed E-state index contributed by atoms with van der Waals surface area (Å²) < 4.78 is 13.8. The van der Waals surface area contributed by atoms with E-state index in [4.69, 9.17) is 4.99 Å². The largest absolute Gasteiger partial charge is 0.257 e. The van der Waals surface area contributed by atoms with Gasteiger partial charge in [0.1, 0.15) is 5.82 Å². The lowest BCUT2D eigenvalue weighted by Gasteiger charge is -2.30. The van der Waals surface area contributed by atoms with Crippen molar-refractivity contribution < 1.29 is 4.39 Å². The molecule has 3 heteroatoms. The average molecular weight is 311 g/mol. The first-order valence-electron chi connectivity index (χ1n) is 7.83. The first kappa shape index (κ1) is 14.0. The van der Waals surface area contributed by atoms with Crippen molar-refractivity contribution >= 4 is 23.5 Å². The number of allylic oxidation sites excluding steroid dienone is 4. The number of hydrogen-bond acceptors (Lipinski definition) is 2. The van der Waals surface area contributed by atoms with Gasteiger partial charge >= 0.3 is 0 Å². The third-order valence-electron chi connectivity index (χ3n) is 4.61. The molecule has 0 saturated heterocycles. The molecule has 0 aromatic heterocycles. The van der Waals surface area contributed by atoms with E-state index in [9.17, 15) is 4.39 Å². The molecule has 0 saturated carbocycles. The van der Waals surface area contributed by atoms with E-state index in [1.165, 1.54) is 33.9 Å². The number of rotatable bonds is 2. The molecule has 4 rings (SSSR count). The fourth-order valence-corrected chi connectivity index (χ4v) is 4.81. The van der Waals surface area contributed by atoms with Crippen LogP contribution in [0.1, 0.15) is 42.7 Å². The highest BCUT2D eigenvalue weighted by atomic mass is 32.2. The maximum atomic E-state index is 13.8. The smallest absolute Gasteiger partial charge is 0.130 e. The molecule has 0 spiro atoms. The van der Waals surface area contributed by atoms with Crippen molar-refractivity contribution in [2.45, 2.75) is 31.6 Å². The highest BCUT2D eigenvalue weighted by Crippen LogP contribution is 2.50. The molecule has 0 N–H and O–H groups in total. The molecule has 1 atom stereocenters. The van der Waals surface area contributed by atoms with Crippen LogP contribution in [-0.2, 0) is 0 Å². The fourth-order valence-electron chi connectivity index (χ4n) is 3.55. The van der Waals surface area contributed by atoms with Gasteiger partial charge in [-0.3, -0.25) is 4.99 Å². The summed E-state index contributed by atoms with van der Waals surface area (Å²) in [5, 5.41) is 0. The first-order valence-corrected chi connectivity index (χ1v) is 8.82. The van der Waals surface area contributed by atoms with Crippen molar-refractivity contribution in [1.82, 2.24) is 0 Å². The maximum absolute atomic E-state index is 13.8. The van der Waals surface area contributed by atoms with Gasteiger partial charge in [0.05, 0.1) is 5.70 Å². The van der Waals surface area contributed by atoms with Crippen molar-refractivity contribution in [2.24, 2.45) is 4.99 Å². The molecular weight excluding hydrogens is 293 g/mol. The van der Waals surface area contributed by atoms with Gasteiger partial charge in [-0.15, -0.1) is 11.8 Å². The summed E-state index contributed by atoms with van der Waals surface area (Å²) in [7, 11) is 0. The van der Waals surface area contributed by atoms with Crippen molar-refractivity contribution in [1.29, 1.82) is 0 Å². The molecule has 112 valence electrons. The van der Waals surface area contributed by atoms with E-state index in [1.807, 2.05) is 23.9 Å². The minimum Gasteiger partial charge on any atom is -0.257 e. The zero-order valence-corrected chi connectivity index (χ0v) is 13.3. The van der Waals surface area contributed by atoms with E-state index >= 15 is 0 Å². The van der Waals surface area contributed by atoms with Gasteiger partial charge in [-0.2, -0.15) is 0 Å². The van der Waals surface area contributed by atoms with Gasteiger partial charge in [0.15, 0.2) is 0 Å². The molecule has 1 aliphatic carbocycles. The second-order valence-electron chi connectivity index (χ2n) is 5.94. The standard InChI is InChI=1S/C19H18FNS/c1-2-12-11-13(7-8-15(12)20)18-14-5-3-4-6-16(14)21-17-9-10-22-19(17)18/h2,5,7-8,11,18H,1,3-4,6,9-10H2/t18-/m0/s1. The Morgan fingerprint density at radius 1 is 1.32 bits per heavy atom. The third-order valence-corrected chi connectivity index (χ3v) is 5.80. The van der Waals surface area contributed by atoms with Crippen LogP contribution in [-0.4, -0.2) is 11.5 Å². The minimum absolute atomic E-state index is 0.200. The predicted octanol–water partition coefficient (Wildman–Crippen LogP) is 5.47. The van der Waals surface area contributed by atoms with Crippen LogP contribution in [0, 0.1) is 5.82 Å². The molecular formula is C19H18FNS. The van der Waals surface area contributed by atoms with Crippen molar-refractivity contribution in [3.05, 3.63) is 64.0 Å². The summed E-state index contributed by atoms with van der Waals surface area (Å²) in [6.07, 6.45) is 8.37. The van der Waals surface area contributed by atoms with E-state index in [2.05, 4.69) is 12.7 Å². The normalized spacial score (nSPS) is 23.6. The highest BCUT2D eigenvalue weighted by molar-refractivity contribution is 8.03. The van der Waals surface area contributed by atoms with E-state index in [-0.39, 0.29) is 11.7 Å². The average Bonchev–Trinajstić information content (AvgIpc) is 3.01.